The van der Waals surface area contributed by atoms with Gasteiger partial charge in [-0.25, -0.2) is 0 Å². The van der Waals surface area contributed by atoms with E-state index in [1.165, 1.54) is 0 Å². The number of cyclic esters (lactones) is 1. The molecule has 0 unspecified atom stereocenters. The van der Waals surface area contributed by atoms with Crippen LogP contribution in [-0.2, 0) is 9.53 Å². The van der Waals surface area contributed by atoms with Crippen LogP contribution in [0.1, 0.15) is 46.5 Å². The van der Waals surface area contributed by atoms with Gasteiger partial charge < -0.3 is 9.84 Å². The number of hydrogen-bond acceptors (Lipinski definition) is 3. The lowest BCUT2D eigenvalue weighted by Gasteiger charge is -2.41. The minimum Gasteiger partial charge on any atom is -0.456 e. The molecular formula is C11H20O3. The van der Waals surface area contributed by atoms with E-state index in [-0.39, 0.29) is 18.0 Å². The third-order valence-electron chi connectivity index (χ3n) is 3.06. The molecule has 0 aromatic heterocycles. The molecule has 0 spiro atoms. The van der Waals surface area contributed by atoms with E-state index in [1.54, 1.807) is 0 Å². The Balaban J connectivity index is 2.72. The summed E-state index contributed by atoms with van der Waals surface area (Å²) < 4.78 is 5.39. The quantitative estimate of drug-likeness (QED) is 0.707. The van der Waals surface area contributed by atoms with E-state index in [0.717, 1.165) is 25.7 Å². The molecule has 14 heavy (non-hydrogen) atoms. The van der Waals surface area contributed by atoms with E-state index in [2.05, 4.69) is 0 Å². The highest BCUT2D eigenvalue weighted by molar-refractivity contribution is 5.77. The van der Waals surface area contributed by atoms with Gasteiger partial charge in [0.05, 0.1) is 12.0 Å². The second kappa shape index (κ2) is 3.89. The molecule has 0 bridgehead atoms. The standard InChI is InChI=1S/C11H20O3/c1-4-5-11(8-12)7-6-10(2,3)9(13)14-11/h12H,4-8H2,1-3H3/t11-/m0/s1. The van der Waals surface area contributed by atoms with Gasteiger partial charge in [-0.1, -0.05) is 13.3 Å². The fourth-order valence-electron chi connectivity index (χ4n) is 1.85. The van der Waals surface area contributed by atoms with Gasteiger partial charge in [-0.2, -0.15) is 0 Å². The number of carbonyl (C=O) groups is 1. The van der Waals surface area contributed by atoms with Crippen LogP contribution >= 0.6 is 0 Å². The van der Waals surface area contributed by atoms with E-state index in [4.69, 9.17) is 4.74 Å². The highest BCUT2D eigenvalue weighted by atomic mass is 16.6. The molecule has 1 aliphatic rings. The number of rotatable bonds is 3. The monoisotopic (exact) mass is 200 g/mol. The molecule has 3 heteroatoms. The molecule has 1 fully saturated rings. The summed E-state index contributed by atoms with van der Waals surface area (Å²) in [4.78, 5) is 11.6. The molecule has 0 saturated carbocycles. The van der Waals surface area contributed by atoms with Crippen molar-refractivity contribution in [2.24, 2.45) is 5.41 Å². The Morgan fingerprint density at radius 1 is 1.43 bits per heavy atom. The summed E-state index contributed by atoms with van der Waals surface area (Å²) in [5.41, 5.74) is -0.978. The van der Waals surface area contributed by atoms with Gasteiger partial charge in [0.25, 0.3) is 0 Å². The topological polar surface area (TPSA) is 46.5 Å². The first-order valence-electron chi connectivity index (χ1n) is 5.30. The van der Waals surface area contributed by atoms with Crippen LogP contribution in [-0.4, -0.2) is 23.3 Å². The number of esters is 1. The molecule has 1 aliphatic heterocycles. The lowest BCUT2D eigenvalue weighted by atomic mass is 9.78. The highest BCUT2D eigenvalue weighted by Gasteiger charge is 2.44. The van der Waals surface area contributed by atoms with Crippen molar-refractivity contribution in [2.75, 3.05) is 6.61 Å². The van der Waals surface area contributed by atoms with Gasteiger partial charge in [0.1, 0.15) is 5.60 Å². The summed E-state index contributed by atoms with van der Waals surface area (Å²) in [7, 11) is 0. The number of ether oxygens (including phenoxy) is 1. The SMILES string of the molecule is CCC[C@@]1(CO)CCC(C)(C)C(=O)O1. The van der Waals surface area contributed by atoms with Crippen molar-refractivity contribution in [1.82, 2.24) is 0 Å². The van der Waals surface area contributed by atoms with Crippen molar-refractivity contribution >= 4 is 5.97 Å². The van der Waals surface area contributed by atoms with Gasteiger partial charge >= 0.3 is 5.97 Å². The third-order valence-corrected chi connectivity index (χ3v) is 3.06. The zero-order chi connectivity index (χ0) is 10.8. The van der Waals surface area contributed by atoms with Crippen LogP contribution in [0.5, 0.6) is 0 Å². The Morgan fingerprint density at radius 3 is 2.50 bits per heavy atom. The van der Waals surface area contributed by atoms with E-state index < -0.39 is 5.60 Å². The molecule has 1 atom stereocenters. The molecule has 0 aromatic rings. The van der Waals surface area contributed by atoms with Gasteiger partial charge in [0.15, 0.2) is 0 Å². The van der Waals surface area contributed by atoms with Crippen LogP contribution in [0.4, 0.5) is 0 Å². The molecule has 1 saturated heterocycles. The van der Waals surface area contributed by atoms with Crippen molar-refractivity contribution < 1.29 is 14.6 Å². The van der Waals surface area contributed by atoms with Crippen molar-refractivity contribution in [3.8, 4) is 0 Å². The summed E-state index contributed by atoms with van der Waals surface area (Å²) in [5.74, 6) is -0.175. The van der Waals surface area contributed by atoms with Crippen LogP contribution < -0.4 is 0 Å². The van der Waals surface area contributed by atoms with E-state index in [0.29, 0.717) is 0 Å². The van der Waals surface area contributed by atoms with Gasteiger partial charge in [-0.15, -0.1) is 0 Å². The minimum atomic E-state index is -0.596. The smallest absolute Gasteiger partial charge is 0.312 e. The Morgan fingerprint density at radius 2 is 2.07 bits per heavy atom. The summed E-state index contributed by atoms with van der Waals surface area (Å²) in [6.45, 7) is 5.76. The zero-order valence-corrected chi connectivity index (χ0v) is 9.30. The fraction of sp³-hybridized carbons (Fsp3) is 0.909. The predicted molar refractivity (Wildman–Crippen MR) is 53.8 cm³/mol. The maximum atomic E-state index is 11.6. The summed E-state index contributed by atoms with van der Waals surface area (Å²) in [6, 6.07) is 0. The van der Waals surface area contributed by atoms with E-state index >= 15 is 0 Å². The Kier molecular flexibility index (Phi) is 3.20. The van der Waals surface area contributed by atoms with Crippen molar-refractivity contribution in [3.05, 3.63) is 0 Å². The maximum absolute atomic E-state index is 11.6. The molecule has 1 heterocycles. The molecule has 1 N–H and O–H groups in total. The third kappa shape index (κ3) is 2.08. The predicted octanol–water partition coefficient (Wildman–Crippen LogP) is 1.88. The van der Waals surface area contributed by atoms with Crippen LogP contribution in [0.25, 0.3) is 0 Å². The second-order valence-electron chi connectivity index (χ2n) is 4.86. The summed E-state index contributed by atoms with van der Waals surface area (Å²) in [6.07, 6.45) is 3.25. The largest absolute Gasteiger partial charge is 0.456 e. The summed E-state index contributed by atoms with van der Waals surface area (Å²) >= 11 is 0. The Bertz CT molecular complexity index is 223. The van der Waals surface area contributed by atoms with Crippen LogP contribution in [0, 0.1) is 5.41 Å². The fourth-order valence-corrected chi connectivity index (χ4v) is 1.85. The second-order valence-corrected chi connectivity index (χ2v) is 4.86. The molecule has 3 nitrogen and oxygen atoms in total. The van der Waals surface area contributed by atoms with Gasteiger partial charge in [-0.3, -0.25) is 4.79 Å². The first-order valence-corrected chi connectivity index (χ1v) is 5.30. The molecule has 0 amide bonds. The van der Waals surface area contributed by atoms with Crippen LogP contribution in [0.2, 0.25) is 0 Å². The molecule has 0 aromatic carbocycles. The zero-order valence-electron chi connectivity index (χ0n) is 9.30. The molecule has 0 aliphatic carbocycles. The Labute approximate surface area is 85.5 Å². The highest BCUT2D eigenvalue weighted by Crippen LogP contribution is 2.38. The van der Waals surface area contributed by atoms with Gasteiger partial charge in [0, 0.05) is 0 Å². The van der Waals surface area contributed by atoms with Gasteiger partial charge in [-0.05, 0) is 33.1 Å². The number of aliphatic hydroxyl groups is 1. The lowest BCUT2D eigenvalue weighted by molar-refractivity contribution is -0.189. The number of hydrogen-bond donors (Lipinski definition) is 1. The van der Waals surface area contributed by atoms with Crippen LogP contribution in [0.15, 0.2) is 0 Å². The van der Waals surface area contributed by atoms with Crippen molar-refractivity contribution in [1.29, 1.82) is 0 Å². The van der Waals surface area contributed by atoms with Crippen molar-refractivity contribution in [2.45, 2.75) is 52.1 Å². The van der Waals surface area contributed by atoms with E-state index in [1.807, 2.05) is 20.8 Å². The number of aliphatic hydroxyl groups excluding tert-OH is 1. The number of carbonyl (C=O) groups excluding carboxylic acids is 1. The van der Waals surface area contributed by atoms with Crippen molar-refractivity contribution in [3.63, 3.8) is 0 Å². The van der Waals surface area contributed by atoms with Gasteiger partial charge in [0.2, 0.25) is 0 Å². The maximum Gasteiger partial charge on any atom is 0.312 e. The minimum absolute atomic E-state index is 0.0529. The average molecular weight is 200 g/mol. The van der Waals surface area contributed by atoms with Crippen LogP contribution in [0.3, 0.4) is 0 Å². The lowest BCUT2D eigenvalue weighted by Crippen LogP contribution is -2.48. The average Bonchev–Trinajstić information content (AvgIpc) is 2.13. The molecule has 1 rings (SSSR count). The first kappa shape index (κ1) is 11.5. The Hall–Kier alpha value is -0.570. The normalized spacial score (nSPS) is 31.3. The van der Waals surface area contributed by atoms with E-state index in [9.17, 15) is 9.90 Å². The molecular weight excluding hydrogens is 180 g/mol. The molecule has 0 radical (unpaired) electrons. The first-order chi connectivity index (χ1) is 6.46. The summed E-state index contributed by atoms with van der Waals surface area (Å²) in [5, 5.41) is 9.28. The molecule has 82 valence electrons.